The average molecular weight is 311 g/mol. The molecule has 0 aromatic carbocycles. The highest BCUT2D eigenvalue weighted by atomic mass is 28.4. The Hall–Kier alpha value is -0.443. The maximum absolute atomic E-state index is 2.73. The second-order valence-electron chi connectivity index (χ2n) is 10.6. The van der Waals surface area contributed by atoms with Crippen LogP contribution in [-0.4, -0.2) is 28.6 Å². The summed E-state index contributed by atoms with van der Waals surface area (Å²) in [6, 6.07) is 0. The SMILES string of the molecule is CC(C)(C)N1C=CN(C(C)(C)C)[Si]1(C(C)(C)C)C(C)(C)C. The number of hydrogen-bond acceptors (Lipinski definition) is 2. The summed E-state index contributed by atoms with van der Waals surface area (Å²) < 4.78 is 5.45. The summed E-state index contributed by atoms with van der Waals surface area (Å²) in [6.45, 7) is 28.7. The van der Waals surface area contributed by atoms with Gasteiger partial charge in [0.1, 0.15) is 0 Å². The monoisotopic (exact) mass is 310 g/mol. The van der Waals surface area contributed by atoms with Crippen LogP contribution in [0.1, 0.15) is 83.1 Å². The minimum Gasteiger partial charge on any atom is -0.380 e. The largest absolute Gasteiger partial charge is 0.380 e. The van der Waals surface area contributed by atoms with Crippen molar-refractivity contribution in [2.45, 2.75) is 104 Å². The molecule has 0 spiro atoms. The van der Waals surface area contributed by atoms with E-state index in [1.54, 1.807) is 0 Å². The van der Waals surface area contributed by atoms with Gasteiger partial charge in [0.05, 0.1) is 0 Å². The van der Waals surface area contributed by atoms with Crippen molar-refractivity contribution in [2.75, 3.05) is 0 Å². The van der Waals surface area contributed by atoms with Crippen LogP contribution in [0.4, 0.5) is 0 Å². The predicted octanol–water partition coefficient (Wildman–Crippen LogP) is 5.71. The van der Waals surface area contributed by atoms with Gasteiger partial charge in [0.2, 0.25) is 0 Å². The fraction of sp³-hybridized carbons (Fsp3) is 0.889. The Labute approximate surface area is 134 Å². The Morgan fingerprint density at radius 1 is 0.524 bits per heavy atom. The van der Waals surface area contributed by atoms with Crippen molar-refractivity contribution in [1.82, 2.24) is 9.13 Å². The van der Waals surface area contributed by atoms with Crippen molar-refractivity contribution in [2.24, 2.45) is 0 Å². The van der Waals surface area contributed by atoms with E-state index >= 15 is 0 Å². The van der Waals surface area contributed by atoms with Crippen LogP contribution in [0.3, 0.4) is 0 Å². The van der Waals surface area contributed by atoms with Crippen molar-refractivity contribution in [3.05, 3.63) is 12.4 Å². The summed E-state index contributed by atoms with van der Waals surface area (Å²) in [6.07, 6.45) is 4.74. The van der Waals surface area contributed by atoms with Crippen LogP contribution in [-0.2, 0) is 0 Å². The normalized spacial score (nSPS) is 20.4. The maximum Gasteiger partial charge on any atom is 0.275 e. The molecule has 2 nitrogen and oxygen atoms in total. The molecule has 0 aromatic heterocycles. The summed E-state index contributed by atoms with van der Waals surface area (Å²) >= 11 is 0. The Balaban J connectivity index is 3.71. The van der Waals surface area contributed by atoms with Crippen LogP contribution in [0.15, 0.2) is 12.4 Å². The predicted molar refractivity (Wildman–Crippen MR) is 97.5 cm³/mol. The molecule has 0 bridgehead atoms. The van der Waals surface area contributed by atoms with Gasteiger partial charge in [0.25, 0.3) is 8.40 Å². The topological polar surface area (TPSA) is 6.48 Å². The van der Waals surface area contributed by atoms with Crippen LogP contribution in [0.25, 0.3) is 0 Å². The van der Waals surface area contributed by atoms with E-state index in [2.05, 4.69) is 105 Å². The molecular formula is C18H38N2Si. The summed E-state index contributed by atoms with van der Waals surface area (Å²) in [5.74, 6) is 0. The van der Waals surface area contributed by atoms with Crippen molar-refractivity contribution in [3.8, 4) is 0 Å². The first-order valence-electron chi connectivity index (χ1n) is 8.24. The van der Waals surface area contributed by atoms with E-state index in [4.69, 9.17) is 0 Å². The third kappa shape index (κ3) is 2.78. The van der Waals surface area contributed by atoms with Crippen LogP contribution in [0.2, 0.25) is 10.1 Å². The number of rotatable bonds is 0. The van der Waals surface area contributed by atoms with Crippen LogP contribution < -0.4 is 0 Å². The van der Waals surface area contributed by atoms with E-state index in [0.29, 0.717) is 0 Å². The summed E-state index contributed by atoms with van der Waals surface area (Å²) in [5.41, 5.74) is 0.284. The van der Waals surface area contributed by atoms with E-state index in [-0.39, 0.29) is 21.2 Å². The van der Waals surface area contributed by atoms with E-state index in [1.165, 1.54) is 0 Å². The second-order valence-corrected chi connectivity index (χ2v) is 15.9. The molecule has 1 heterocycles. The maximum atomic E-state index is 2.73. The Morgan fingerprint density at radius 3 is 0.905 bits per heavy atom. The molecule has 0 unspecified atom stereocenters. The minimum atomic E-state index is -2.01. The Morgan fingerprint density at radius 2 is 0.762 bits per heavy atom. The first-order valence-corrected chi connectivity index (χ1v) is 10.1. The molecule has 3 heteroatoms. The lowest BCUT2D eigenvalue weighted by Gasteiger charge is -2.63. The van der Waals surface area contributed by atoms with E-state index < -0.39 is 8.40 Å². The lowest BCUT2D eigenvalue weighted by Crippen LogP contribution is -2.75. The lowest BCUT2D eigenvalue weighted by atomic mass is 10.1. The Kier molecular flexibility index (Phi) is 4.23. The van der Waals surface area contributed by atoms with Crippen molar-refractivity contribution in [3.63, 3.8) is 0 Å². The molecular weight excluding hydrogens is 272 g/mol. The molecule has 0 saturated carbocycles. The first kappa shape index (κ1) is 18.6. The molecule has 0 fully saturated rings. The molecule has 0 amide bonds. The molecule has 0 aliphatic carbocycles. The number of hydrogen-bond donors (Lipinski definition) is 0. The summed E-state index contributed by atoms with van der Waals surface area (Å²) in [4.78, 5) is 0. The zero-order chi connectivity index (χ0) is 17.1. The number of nitrogens with zero attached hydrogens (tertiary/aromatic N) is 2. The standard InChI is InChI=1S/C18H38N2Si/c1-15(2,3)19-13-14-20(16(4,5)6)21(19,17(7,8)9)18(10,11)12/h13-14H,1-12H3. The van der Waals surface area contributed by atoms with E-state index in [0.717, 1.165) is 0 Å². The van der Waals surface area contributed by atoms with Gasteiger partial charge in [-0.05, 0) is 51.6 Å². The smallest absolute Gasteiger partial charge is 0.275 e. The highest BCUT2D eigenvalue weighted by Crippen LogP contribution is 2.59. The van der Waals surface area contributed by atoms with Crippen LogP contribution in [0.5, 0.6) is 0 Å². The zero-order valence-corrected chi connectivity index (χ0v) is 17.5. The molecule has 1 aliphatic rings. The molecule has 0 radical (unpaired) electrons. The lowest BCUT2D eigenvalue weighted by molar-refractivity contribution is 0.225. The zero-order valence-electron chi connectivity index (χ0n) is 16.5. The molecule has 124 valence electrons. The van der Waals surface area contributed by atoms with Crippen molar-refractivity contribution < 1.29 is 0 Å². The molecule has 0 N–H and O–H groups in total. The van der Waals surface area contributed by atoms with Gasteiger partial charge in [0, 0.05) is 23.5 Å². The van der Waals surface area contributed by atoms with Crippen molar-refractivity contribution >= 4 is 8.40 Å². The van der Waals surface area contributed by atoms with Gasteiger partial charge in [0.15, 0.2) is 0 Å². The molecule has 0 aromatic rings. The van der Waals surface area contributed by atoms with E-state index in [1.807, 2.05) is 0 Å². The van der Waals surface area contributed by atoms with Gasteiger partial charge in [-0.25, -0.2) is 0 Å². The van der Waals surface area contributed by atoms with Crippen molar-refractivity contribution in [1.29, 1.82) is 0 Å². The highest BCUT2D eigenvalue weighted by molar-refractivity contribution is 6.81. The third-order valence-electron chi connectivity index (χ3n) is 4.60. The van der Waals surface area contributed by atoms with Gasteiger partial charge in [-0.15, -0.1) is 0 Å². The molecule has 1 aliphatic heterocycles. The fourth-order valence-electron chi connectivity index (χ4n) is 4.45. The van der Waals surface area contributed by atoms with Gasteiger partial charge in [-0.2, -0.15) is 0 Å². The second kappa shape index (κ2) is 4.77. The van der Waals surface area contributed by atoms with Crippen LogP contribution >= 0.6 is 0 Å². The van der Waals surface area contributed by atoms with Crippen LogP contribution in [0, 0.1) is 0 Å². The first-order chi connectivity index (χ1) is 8.97. The minimum absolute atomic E-state index is 0.142. The average Bonchev–Trinajstić information content (AvgIpc) is 2.53. The van der Waals surface area contributed by atoms with Gasteiger partial charge in [-0.3, -0.25) is 0 Å². The fourth-order valence-corrected chi connectivity index (χ4v) is 12.3. The molecule has 1 rings (SSSR count). The quantitative estimate of drug-likeness (QED) is 0.528. The molecule has 0 saturated heterocycles. The van der Waals surface area contributed by atoms with Gasteiger partial charge < -0.3 is 9.13 Å². The Bertz CT molecular complexity index is 370. The summed E-state index contributed by atoms with van der Waals surface area (Å²) in [7, 11) is -2.01. The van der Waals surface area contributed by atoms with E-state index in [9.17, 15) is 0 Å². The summed E-state index contributed by atoms with van der Waals surface area (Å²) in [5, 5.41) is 0.491. The molecule has 0 atom stereocenters. The molecule has 21 heavy (non-hydrogen) atoms. The highest BCUT2D eigenvalue weighted by Gasteiger charge is 2.66. The van der Waals surface area contributed by atoms with Gasteiger partial charge in [-0.1, -0.05) is 41.5 Å². The van der Waals surface area contributed by atoms with Gasteiger partial charge >= 0.3 is 0 Å². The third-order valence-corrected chi connectivity index (χ3v) is 11.8.